The van der Waals surface area contributed by atoms with Crippen molar-refractivity contribution in [1.82, 2.24) is 10.6 Å². The third-order valence-corrected chi connectivity index (χ3v) is 4.67. The number of phenolic OH excluding ortho intramolecular Hbond substituents is 1. The zero-order valence-electron chi connectivity index (χ0n) is 14.1. The standard InChI is InChI=1S/C20H18N4O2/c25-16-3-1-13(20-23-7-8-24-20)10-15(16)18-11-14-9-12(2-4-17(14)26-18)19-21-5-6-22-19/h1-4,9-11,25H,5-8H2,(H,21,22)(H,23,24). The van der Waals surface area contributed by atoms with E-state index in [0.717, 1.165) is 59.9 Å². The zero-order valence-corrected chi connectivity index (χ0v) is 14.1. The first-order valence-corrected chi connectivity index (χ1v) is 8.72. The van der Waals surface area contributed by atoms with Gasteiger partial charge in [-0.05, 0) is 42.5 Å². The summed E-state index contributed by atoms with van der Waals surface area (Å²) < 4.78 is 5.99. The molecule has 2 aliphatic heterocycles. The minimum Gasteiger partial charge on any atom is -0.507 e. The molecule has 2 aromatic carbocycles. The van der Waals surface area contributed by atoms with E-state index in [2.05, 4.69) is 26.7 Å². The third-order valence-electron chi connectivity index (χ3n) is 4.67. The van der Waals surface area contributed by atoms with E-state index in [1.165, 1.54) is 0 Å². The number of hydrogen-bond acceptors (Lipinski definition) is 6. The Kier molecular flexibility index (Phi) is 3.41. The van der Waals surface area contributed by atoms with Crippen molar-refractivity contribution in [2.75, 3.05) is 26.2 Å². The molecule has 0 saturated heterocycles. The van der Waals surface area contributed by atoms with Gasteiger partial charge >= 0.3 is 0 Å². The average Bonchev–Trinajstić information content (AvgIpc) is 3.41. The van der Waals surface area contributed by atoms with E-state index in [0.29, 0.717) is 11.3 Å². The Labute approximate surface area is 150 Å². The molecule has 0 amide bonds. The molecule has 1 aromatic heterocycles. The number of furan rings is 1. The van der Waals surface area contributed by atoms with Crippen LogP contribution in [-0.4, -0.2) is 43.0 Å². The van der Waals surface area contributed by atoms with Crippen molar-refractivity contribution in [2.24, 2.45) is 9.98 Å². The second-order valence-corrected chi connectivity index (χ2v) is 6.41. The molecule has 0 saturated carbocycles. The quantitative estimate of drug-likeness (QED) is 0.681. The number of rotatable bonds is 3. The number of hydrogen-bond donors (Lipinski definition) is 3. The predicted octanol–water partition coefficient (Wildman–Crippen LogP) is 2.50. The third kappa shape index (κ3) is 2.50. The lowest BCUT2D eigenvalue weighted by Crippen LogP contribution is -2.19. The van der Waals surface area contributed by atoms with Gasteiger partial charge in [-0.25, -0.2) is 0 Å². The Morgan fingerprint density at radius 2 is 1.54 bits per heavy atom. The molecule has 0 spiro atoms. The Bertz CT molecular complexity index is 1060. The van der Waals surface area contributed by atoms with E-state index in [9.17, 15) is 5.11 Å². The number of phenols is 1. The molecule has 3 heterocycles. The van der Waals surface area contributed by atoms with Crippen LogP contribution in [0.2, 0.25) is 0 Å². The highest BCUT2D eigenvalue weighted by atomic mass is 16.3. The van der Waals surface area contributed by atoms with E-state index in [1.54, 1.807) is 6.07 Å². The summed E-state index contributed by atoms with van der Waals surface area (Å²) in [7, 11) is 0. The molecule has 0 fully saturated rings. The summed E-state index contributed by atoms with van der Waals surface area (Å²) in [5.74, 6) is 2.60. The molecule has 6 heteroatoms. The number of aromatic hydroxyl groups is 1. The summed E-state index contributed by atoms with van der Waals surface area (Å²) in [6.07, 6.45) is 0. The Hall–Kier alpha value is -3.28. The highest BCUT2D eigenvalue weighted by Crippen LogP contribution is 2.34. The van der Waals surface area contributed by atoms with Crippen molar-refractivity contribution < 1.29 is 9.52 Å². The first-order valence-electron chi connectivity index (χ1n) is 8.72. The summed E-state index contributed by atoms with van der Waals surface area (Å²) in [5.41, 5.74) is 3.43. The topological polar surface area (TPSA) is 82.2 Å². The normalized spacial score (nSPS) is 16.3. The maximum absolute atomic E-state index is 10.3. The van der Waals surface area contributed by atoms with Gasteiger partial charge in [0, 0.05) is 29.6 Å². The van der Waals surface area contributed by atoms with Crippen molar-refractivity contribution in [1.29, 1.82) is 0 Å². The summed E-state index contributed by atoms with van der Waals surface area (Å²) in [5, 5.41) is 17.9. The van der Waals surface area contributed by atoms with Crippen LogP contribution in [0.5, 0.6) is 5.75 Å². The molecule has 3 aromatic rings. The highest BCUT2D eigenvalue weighted by molar-refractivity contribution is 6.03. The van der Waals surface area contributed by atoms with Crippen LogP contribution in [-0.2, 0) is 0 Å². The summed E-state index contributed by atoms with van der Waals surface area (Å²) >= 11 is 0. The van der Waals surface area contributed by atoms with Gasteiger partial charge in [-0.1, -0.05) is 0 Å². The first kappa shape index (κ1) is 15.0. The van der Waals surface area contributed by atoms with Gasteiger partial charge in [0.2, 0.25) is 0 Å². The summed E-state index contributed by atoms with van der Waals surface area (Å²) in [4.78, 5) is 8.90. The molecule has 0 radical (unpaired) electrons. The lowest BCUT2D eigenvalue weighted by Gasteiger charge is -2.06. The van der Waals surface area contributed by atoms with E-state index >= 15 is 0 Å². The molecule has 6 nitrogen and oxygen atoms in total. The molecule has 26 heavy (non-hydrogen) atoms. The molecule has 3 N–H and O–H groups in total. The maximum atomic E-state index is 10.3. The molecular formula is C20H18N4O2. The van der Waals surface area contributed by atoms with E-state index in [4.69, 9.17) is 4.42 Å². The predicted molar refractivity (Wildman–Crippen MR) is 102 cm³/mol. The summed E-state index contributed by atoms with van der Waals surface area (Å²) in [6.45, 7) is 3.30. The van der Waals surface area contributed by atoms with Crippen LogP contribution in [0.3, 0.4) is 0 Å². The molecule has 0 bridgehead atoms. The van der Waals surface area contributed by atoms with Gasteiger partial charge in [-0.3, -0.25) is 9.98 Å². The largest absolute Gasteiger partial charge is 0.507 e. The van der Waals surface area contributed by atoms with Crippen LogP contribution in [0.1, 0.15) is 11.1 Å². The fourth-order valence-corrected chi connectivity index (χ4v) is 3.39. The van der Waals surface area contributed by atoms with Gasteiger partial charge in [0.1, 0.15) is 28.8 Å². The first-order chi connectivity index (χ1) is 12.8. The lowest BCUT2D eigenvalue weighted by molar-refractivity contribution is 0.474. The second kappa shape index (κ2) is 5.91. The van der Waals surface area contributed by atoms with Gasteiger partial charge in [-0.15, -0.1) is 0 Å². The van der Waals surface area contributed by atoms with Gasteiger partial charge < -0.3 is 20.2 Å². The monoisotopic (exact) mass is 346 g/mol. The number of nitrogens with one attached hydrogen (secondary N) is 2. The fourth-order valence-electron chi connectivity index (χ4n) is 3.39. The average molecular weight is 346 g/mol. The minimum atomic E-state index is 0.188. The van der Waals surface area contributed by atoms with Gasteiger partial charge in [0.15, 0.2) is 0 Å². The molecular weight excluding hydrogens is 328 g/mol. The van der Waals surface area contributed by atoms with Crippen molar-refractivity contribution >= 4 is 22.6 Å². The molecule has 130 valence electrons. The van der Waals surface area contributed by atoms with E-state index in [1.807, 2.05) is 30.3 Å². The Morgan fingerprint density at radius 1 is 0.846 bits per heavy atom. The van der Waals surface area contributed by atoms with Gasteiger partial charge in [0.25, 0.3) is 0 Å². The van der Waals surface area contributed by atoms with E-state index in [-0.39, 0.29) is 5.75 Å². The zero-order chi connectivity index (χ0) is 17.5. The van der Waals surface area contributed by atoms with Gasteiger partial charge in [0.05, 0.1) is 18.7 Å². The lowest BCUT2D eigenvalue weighted by atomic mass is 10.1. The van der Waals surface area contributed by atoms with Crippen molar-refractivity contribution in [3.63, 3.8) is 0 Å². The number of nitrogens with zero attached hydrogens (tertiary/aromatic N) is 2. The number of fused-ring (bicyclic) bond motifs is 1. The SMILES string of the molecule is Oc1ccc(C2=NCCN2)cc1-c1cc2cc(C3=NCCN3)ccc2o1. The smallest absolute Gasteiger partial charge is 0.139 e. The van der Waals surface area contributed by atoms with Crippen LogP contribution in [0.25, 0.3) is 22.3 Å². The Morgan fingerprint density at radius 3 is 2.23 bits per heavy atom. The molecule has 2 aliphatic rings. The number of aliphatic imine (C=N–C) groups is 2. The Balaban J connectivity index is 1.57. The molecule has 0 atom stereocenters. The number of benzene rings is 2. The van der Waals surface area contributed by atoms with Crippen LogP contribution in [0, 0.1) is 0 Å². The molecule has 0 aliphatic carbocycles. The van der Waals surface area contributed by atoms with Gasteiger partial charge in [-0.2, -0.15) is 0 Å². The van der Waals surface area contributed by atoms with E-state index < -0.39 is 0 Å². The molecule has 5 rings (SSSR count). The van der Waals surface area contributed by atoms with Crippen LogP contribution in [0.15, 0.2) is 56.9 Å². The fraction of sp³-hybridized carbons (Fsp3) is 0.200. The van der Waals surface area contributed by atoms with Crippen molar-refractivity contribution in [3.8, 4) is 17.1 Å². The van der Waals surface area contributed by atoms with Crippen LogP contribution < -0.4 is 10.6 Å². The van der Waals surface area contributed by atoms with Crippen molar-refractivity contribution in [2.45, 2.75) is 0 Å². The van der Waals surface area contributed by atoms with Crippen molar-refractivity contribution in [3.05, 3.63) is 53.6 Å². The van der Waals surface area contributed by atoms with Crippen LogP contribution in [0.4, 0.5) is 0 Å². The minimum absolute atomic E-state index is 0.188. The molecule has 0 unspecified atom stereocenters. The van der Waals surface area contributed by atoms with Crippen LogP contribution >= 0.6 is 0 Å². The highest BCUT2D eigenvalue weighted by Gasteiger charge is 2.16. The maximum Gasteiger partial charge on any atom is 0.139 e. The summed E-state index contributed by atoms with van der Waals surface area (Å²) in [6, 6.07) is 13.4. The number of amidine groups is 2. The second-order valence-electron chi connectivity index (χ2n) is 6.41.